The minimum Gasteiger partial charge on any atom is -0.349 e. The number of aromatic nitrogens is 2. The molecule has 1 amide bonds. The topological polar surface area (TPSA) is 54.9 Å². The van der Waals surface area contributed by atoms with Crippen molar-refractivity contribution in [3.05, 3.63) is 60.0 Å². The summed E-state index contributed by atoms with van der Waals surface area (Å²) in [5.74, 6) is 0.0798. The van der Waals surface area contributed by atoms with Crippen LogP contribution in [0.1, 0.15) is 44.7 Å². The van der Waals surface area contributed by atoms with E-state index in [2.05, 4.69) is 21.4 Å². The van der Waals surface area contributed by atoms with Crippen LogP contribution in [0.25, 0.3) is 22.0 Å². The van der Waals surface area contributed by atoms with Gasteiger partial charge in [-0.1, -0.05) is 19.1 Å². The number of fused-ring (bicyclic) bond motifs is 2. The van der Waals surface area contributed by atoms with Crippen molar-refractivity contribution >= 4 is 16.8 Å². The van der Waals surface area contributed by atoms with Crippen molar-refractivity contribution in [3.63, 3.8) is 0 Å². The lowest BCUT2D eigenvalue weighted by molar-refractivity contribution is -0.121. The molecule has 4 rings (SSSR count). The predicted octanol–water partition coefficient (Wildman–Crippen LogP) is 4.20. The zero-order valence-corrected chi connectivity index (χ0v) is 14.2. The van der Waals surface area contributed by atoms with Gasteiger partial charge in [-0.15, -0.1) is 0 Å². The molecule has 0 aliphatic heterocycles. The minimum absolute atomic E-state index is 0.0478. The molecule has 0 bridgehead atoms. The van der Waals surface area contributed by atoms with Gasteiger partial charge in [0.05, 0.1) is 12.9 Å². The fourth-order valence-electron chi connectivity index (χ4n) is 3.61. The SMILES string of the molecule is [2H]c1ccc2cc(-c3cncc4c3CCC[C@H]4NC(=O)CC)ccc2n1. The van der Waals surface area contributed by atoms with Crippen molar-refractivity contribution in [3.8, 4) is 11.1 Å². The van der Waals surface area contributed by atoms with E-state index in [1.54, 1.807) is 6.07 Å². The quantitative estimate of drug-likeness (QED) is 0.782. The van der Waals surface area contributed by atoms with E-state index in [1.807, 2.05) is 37.5 Å². The first-order valence-corrected chi connectivity index (χ1v) is 8.79. The Labute approximate surface area is 148 Å². The van der Waals surface area contributed by atoms with Crippen molar-refractivity contribution in [2.75, 3.05) is 0 Å². The summed E-state index contributed by atoms with van der Waals surface area (Å²) in [5, 5.41) is 4.15. The summed E-state index contributed by atoms with van der Waals surface area (Å²) in [6, 6.07) is 9.80. The Bertz CT molecular complexity index is 986. The zero-order valence-electron chi connectivity index (χ0n) is 15.2. The molecule has 4 heteroatoms. The first-order valence-electron chi connectivity index (χ1n) is 9.29. The fourth-order valence-corrected chi connectivity index (χ4v) is 3.61. The first kappa shape index (κ1) is 14.6. The molecule has 0 saturated heterocycles. The highest BCUT2D eigenvalue weighted by atomic mass is 16.1. The maximum absolute atomic E-state index is 11.9. The van der Waals surface area contributed by atoms with Crippen molar-refractivity contribution in [2.24, 2.45) is 0 Å². The third-order valence-electron chi connectivity index (χ3n) is 4.90. The van der Waals surface area contributed by atoms with Gasteiger partial charge >= 0.3 is 0 Å². The first-order chi connectivity index (χ1) is 12.7. The smallest absolute Gasteiger partial charge is 0.220 e. The van der Waals surface area contributed by atoms with E-state index in [0.717, 1.165) is 46.9 Å². The molecule has 25 heavy (non-hydrogen) atoms. The molecule has 0 radical (unpaired) electrons. The summed E-state index contributed by atoms with van der Waals surface area (Å²) in [5.41, 5.74) is 5.46. The maximum atomic E-state index is 11.9. The molecule has 0 fully saturated rings. The second-order valence-electron chi connectivity index (χ2n) is 6.47. The van der Waals surface area contributed by atoms with Crippen LogP contribution in [0.2, 0.25) is 0 Å². The zero-order chi connectivity index (χ0) is 18.1. The van der Waals surface area contributed by atoms with Crippen molar-refractivity contribution < 1.29 is 6.17 Å². The second-order valence-corrected chi connectivity index (χ2v) is 6.47. The number of pyridine rings is 2. The highest BCUT2D eigenvalue weighted by Crippen LogP contribution is 2.36. The van der Waals surface area contributed by atoms with Gasteiger partial charge in [-0.05, 0) is 54.2 Å². The minimum atomic E-state index is 0.0478. The van der Waals surface area contributed by atoms with Gasteiger partial charge in [0.2, 0.25) is 5.91 Å². The third kappa shape index (κ3) is 3.00. The van der Waals surface area contributed by atoms with Crippen LogP contribution in [-0.2, 0) is 11.2 Å². The number of benzene rings is 1. The number of carbonyl (C=O) groups excluding carboxylic acids is 1. The summed E-state index contributed by atoms with van der Waals surface area (Å²) in [4.78, 5) is 20.6. The number of nitrogens with zero attached hydrogens (tertiary/aromatic N) is 2. The van der Waals surface area contributed by atoms with Gasteiger partial charge in [0.15, 0.2) is 0 Å². The number of hydrogen-bond donors (Lipinski definition) is 1. The Kier molecular flexibility index (Phi) is 3.87. The van der Waals surface area contributed by atoms with Crippen LogP contribution < -0.4 is 5.32 Å². The Morgan fingerprint density at radius 2 is 2.28 bits per heavy atom. The molecule has 2 aromatic heterocycles. The Hall–Kier alpha value is -2.75. The molecule has 0 spiro atoms. The lowest BCUT2D eigenvalue weighted by atomic mass is 9.84. The largest absolute Gasteiger partial charge is 0.349 e. The highest BCUT2D eigenvalue weighted by Gasteiger charge is 2.24. The summed E-state index contributed by atoms with van der Waals surface area (Å²) >= 11 is 0. The van der Waals surface area contributed by atoms with E-state index < -0.39 is 0 Å². The molecule has 0 unspecified atom stereocenters. The molecule has 1 atom stereocenters. The normalized spacial score (nSPS) is 17.0. The Morgan fingerprint density at radius 3 is 3.16 bits per heavy atom. The van der Waals surface area contributed by atoms with Crippen molar-refractivity contribution in [1.82, 2.24) is 15.3 Å². The van der Waals surface area contributed by atoms with Gasteiger partial charge in [0, 0.05) is 35.9 Å². The third-order valence-corrected chi connectivity index (χ3v) is 4.90. The van der Waals surface area contributed by atoms with Gasteiger partial charge in [-0.2, -0.15) is 0 Å². The van der Waals surface area contributed by atoms with E-state index in [0.29, 0.717) is 6.42 Å². The van der Waals surface area contributed by atoms with Crippen LogP contribution in [0.15, 0.2) is 48.9 Å². The van der Waals surface area contributed by atoms with Crippen LogP contribution in [0.5, 0.6) is 0 Å². The number of hydrogen-bond acceptors (Lipinski definition) is 3. The van der Waals surface area contributed by atoms with E-state index in [9.17, 15) is 4.79 Å². The molecule has 1 aliphatic rings. The molecule has 2 heterocycles. The number of amides is 1. The van der Waals surface area contributed by atoms with Gasteiger partial charge in [-0.25, -0.2) is 0 Å². The molecule has 3 aromatic rings. The number of rotatable bonds is 3. The highest BCUT2D eigenvalue weighted by molar-refractivity contribution is 5.85. The van der Waals surface area contributed by atoms with E-state index >= 15 is 0 Å². The standard InChI is InChI=1S/C21H21N3O/c1-2-21(25)24-20-7-3-6-16-17(12-22-13-18(16)20)14-8-9-19-15(11-14)5-4-10-23-19/h4-5,8-13,20H,2-3,6-7H2,1H3,(H,24,25)/t20-/m1/s1/i10D. The summed E-state index contributed by atoms with van der Waals surface area (Å²) < 4.78 is 7.66. The molecule has 0 saturated carbocycles. The number of nitrogens with one attached hydrogen (secondary N) is 1. The van der Waals surface area contributed by atoms with Gasteiger partial charge in [0.1, 0.15) is 0 Å². The van der Waals surface area contributed by atoms with Crippen LogP contribution >= 0.6 is 0 Å². The molecule has 126 valence electrons. The van der Waals surface area contributed by atoms with Gasteiger partial charge in [-0.3, -0.25) is 14.8 Å². The van der Waals surface area contributed by atoms with Crippen molar-refractivity contribution in [2.45, 2.75) is 38.6 Å². The average molecular weight is 332 g/mol. The van der Waals surface area contributed by atoms with E-state index in [4.69, 9.17) is 1.37 Å². The summed E-state index contributed by atoms with van der Waals surface area (Å²) in [6.07, 6.45) is 7.58. The maximum Gasteiger partial charge on any atom is 0.220 e. The van der Waals surface area contributed by atoms with Gasteiger partial charge in [0.25, 0.3) is 0 Å². The molecule has 4 nitrogen and oxygen atoms in total. The van der Waals surface area contributed by atoms with Crippen LogP contribution in [-0.4, -0.2) is 15.9 Å². The fraction of sp³-hybridized carbons (Fsp3) is 0.286. The molecule has 1 aromatic carbocycles. The van der Waals surface area contributed by atoms with Crippen LogP contribution in [0.4, 0.5) is 0 Å². The number of carbonyl (C=O) groups is 1. The van der Waals surface area contributed by atoms with Crippen molar-refractivity contribution in [1.29, 1.82) is 0 Å². The molecular weight excluding hydrogens is 310 g/mol. The Balaban J connectivity index is 1.77. The van der Waals surface area contributed by atoms with E-state index in [-0.39, 0.29) is 18.1 Å². The predicted molar refractivity (Wildman–Crippen MR) is 99.1 cm³/mol. The second kappa shape index (κ2) is 6.63. The van der Waals surface area contributed by atoms with Crippen LogP contribution in [0, 0.1) is 0 Å². The monoisotopic (exact) mass is 332 g/mol. The summed E-state index contributed by atoms with van der Waals surface area (Å²) in [7, 11) is 0. The Morgan fingerprint density at radius 1 is 1.36 bits per heavy atom. The van der Waals surface area contributed by atoms with Gasteiger partial charge < -0.3 is 5.32 Å². The molecule has 1 aliphatic carbocycles. The summed E-state index contributed by atoms with van der Waals surface area (Å²) in [6.45, 7) is 1.87. The molecular formula is C21H21N3O. The average Bonchev–Trinajstić information content (AvgIpc) is 2.67. The lowest BCUT2D eigenvalue weighted by Crippen LogP contribution is -2.30. The van der Waals surface area contributed by atoms with Crippen LogP contribution in [0.3, 0.4) is 0 Å². The van der Waals surface area contributed by atoms with E-state index in [1.165, 1.54) is 5.56 Å². The molecule has 1 N–H and O–H groups in total. The lowest BCUT2D eigenvalue weighted by Gasteiger charge is -2.27.